The van der Waals surface area contributed by atoms with E-state index in [9.17, 15) is 9.90 Å². The molecule has 96 valence electrons. The number of aromatic carboxylic acids is 1. The minimum atomic E-state index is -0.977. The third-order valence-electron chi connectivity index (χ3n) is 3.37. The molecule has 3 rings (SSSR count). The lowest BCUT2D eigenvalue weighted by molar-refractivity contribution is 0.0684. The van der Waals surface area contributed by atoms with E-state index in [1.807, 2.05) is 0 Å². The highest BCUT2D eigenvalue weighted by atomic mass is 16.5. The van der Waals surface area contributed by atoms with Gasteiger partial charge in [0.2, 0.25) is 0 Å². The Balaban J connectivity index is 2.05. The summed E-state index contributed by atoms with van der Waals surface area (Å²) in [4.78, 5) is 20.0. The molecular weight excluding hydrogens is 234 g/mol. The summed E-state index contributed by atoms with van der Waals surface area (Å²) < 4.78 is 5.53. The lowest BCUT2D eigenvalue weighted by Gasteiger charge is -2.19. The van der Waals surface area contributed by atoms with Crippen LogP contribution in [-0.4, -0.2) is 34.2 Å². The van der Waals surface area contributed by atoms with Gasteiger partial charge in [0.15, 0.2) is 11.5 Å². The molecule has 1 saturated heterocycles. The molecule has 1 unspecified atom stereocenters. The molecule has 1 aromatic heterocycles. The van der Waals surface area contributed by atoms with Crippen molar-refractivity contribution in [3.8, 4) is 0 Å². The fraction of sp³-hybridized carbons (Fsp3) is 0.583. The van der Waals surface area contributed by atoms with Crippen LogP contribution in [0.15, 0.2) is 0 Å². The smallest absolute Gasteiger partial charge is 0.354 e. The van der Waals surface area contributed by atoms with E-state index in [0.717, 1.165) is 30.6 Å². The molecule has 3 heterocycles. The number of aromatic nitrogens is 2. The Morgan fingerprint density at radius 2 is 2.33 bits per heavy atom. The van der Waals surface area contributed by atoms with Gasteiger partial charge in [-0.25, -0.2) is 14.8 Å². The lowest BCUT2D eigenvalue weighted by Crippen LogP contribution is -2.28. The van der Waals surface area contributed by atoms with Crippen molar-refractivity contribution in [3.63, 3.8) is 0 Å². The fourth-order valence-electron chi connectivity index (χ4n) is 2.48. The van der Waals surface area contributed by atoms with Gasteiger partial charge in [-0.3, -0.25) is 0 Å². The van der Waals surface area contributed by atoms with Crippen molar-refractivity contribution in [2.45, 2.75) is 31.9 Å². The highest BCUT2D eigenvalue weighted by Gasteiger charge is 2.26. The molecule has 2 N–H and O–H groups in total. The largest absolute Gasteiger partial charge is 0.477 e. The van der Waals surface area contributed by atoms with Crippen LogP contribution in [0.5, 0.6) is 0 Å². The maximum atomic E-state index is 11.3. The Kier molecular flexibility index (Phi) is 2.97. The third kappa shape index (κ3) is 1.97. The van der Waals surface area contributed by atoms with Crippen molar-refractivity contribution < 1.29 is 14.6 Å². The summed E-state index contributed by atoms with van der Waals surface area (Å²) in [6, 6.07) is 0. The van der Waals surface area contributed by atoms with E-state index < -0.39 is 5.97 Å². The second-order valence-electron chi connectivity index (χ2n) is 4.59. The molecule has 2 aliphatic rings. The van der Waals surface area contributed by atoms with Crippen LogP contribution in [0.2, 0.25) is 0 Å². The van der Waals surface area contributed by atoms with Crippen LogP contribution in [-0.2, 0) is 17.7 Å². The molecule has 2 aliphatic heterocycles. The zero-order chi connectivity index (χ0) is 12.5. The van der Waals surface area contributed by atoms with Gasteiger partial charge in [-0.2, -0.15) is 0 Å². The van der Waals surface area contributed by atoms with E-state index in [1.165, 1.54) is 0 Å². The summed E-state index contributed by atoms with van der Waals surface area (Å²) >= 11 is 0. The number of fused-ring (bicyclic) bond motifs is 1. The van der Waals surface area contributed by atoms with Gasteiger partial charge in [-0.1, -0.05) is 0 Å². The van der Waals surface area contributed by atoms with Gasteiger partial charge in [0, 0.05) is 18.7 Å². The van der Waals surface area contributed by atoms with Crippen LogP contribution in [0, 0.1) is 0 Å². The normalized spacial score (nSPS) is 22.8. The summed E-state index contributed by atoms with van der Waals surface area (Å²) in [6.07, 6.45) is 2.37. The monoisotopic (exact) mass is 249 g/mol. The molecule has 0 saturated carbocycles. The predicted octanol–water partition coefficient (Wildman–Crippen LogP) is 0.672. The second-order valence-corrected chi connectivity index (χ2v) is 4.59. The minimum Gasteiger partial charge on any atom is -0.477 e. The molecule has 0 amide bonds. The van der Waals surface area contributed by atoms with Gasteiger partial charge in [0.05, 0.1) is 5.69 Å². The number of carboxylic acids is 1. The van der Waals surface area contributed by atoms with E-state index in [-0.39, 0.29) is 11.8 Å². The Hall–Kier alpha value is -1.53. The first-order valence-electron chi connectivity index (χ1n) is 6.21. The number of carbonyl (C=O) groups is 1. The van der Waals surface area contributed by atoms with Gasteiger partial charge in [0.25, 0.3) is 0 Å². The molecule has 0 radical (unpaired) electrons. The number of hydrogen-bond donors (Lipinski definition) is 2. The molecule has 1 atom stereocenters. The summed E-state index contributed by atoms with van der Waals surface area (Å²) in [5, 5.41) is 12.5. The first-order chi connectivity index (χ1) is 8.75. The Bertz CT molecular complexity index is 484. The van der Waals surface area contributed by atoms with E-state index in [0.29, 0.717) is 25.4 Å². The summed E-state index contributed by atoms with van der Waals surface area (Å²) in [5.41, 5.74) is 1.72. The van der Waals surface area contributed by atoms with Gasteiger partial charge in [-0.05, 0) is 25.8 Å². The molecule has 0 spiro atoms. The predicted molar refractivity (Wildman–Crippen MR) is 62.3 cm³/mol. The molecule has 0 aliphatic carbocycles. The average Bonchev–Trinajstić information content (AvgIpc) is 2.91. The number of rotatable bonds is 2. The molecule has 18 heavy (non-hydrogen) atoms. The minimum absolute atomic E-state index is 0.143. The van der Waals surface area contributed by atoms with Crippen LogP contribution in [0.3, 0.4) is 0 Å². The van der Waals surface area contributed by atoms with E-state index in [1.54, 1.807) is 0 Å². The number of nitrogens with one attached hydrogen (secondary N) is 1. The first kappa shape index (κ1) is 11.6. The zero-order valence-corrected chi connectivity index (χ0v) is 9.98. The fourth-order valence-corrected chi connectivity index (χ4v) is 2.48. The van der Waals surface area contributed by atoms with E-state index in [2.05, 4.69) is 15.3 Å². The van der Waals surface area contributed by atoms with Gasteiger partial charge in [0.1, 0.15) is 6.10 Å². The molecule has 0 aromatic carbocycles. The van der Waals surface area contributed by atoms with E-state index >= 15 is 0 Å². The van der Waals surface area contributed by atoms with Gasteiger partial charge < -0.3 is 15.2 Å². The van der Waals surface area contributed by atoms with Crippen LogP contribution < -0.4 is 5.32 Å². The Labute approximate surface area is 104 Å². The standard InChI is InChI=1S/C12H15N3O3/c16-12(17)10-7-3-4-13-6-8(7)14-11(15-10)9-2-1-5-18-9/h9,13H,1-6H2,(H,16,17). The molecule has 6 nitrogen and oxygen atoms in total. The average molecular weight is 249 g/mol. The Morgan fingerprint density at radius 3 is 3.06 bits per heavy atom. The van der Waals surface area contributed by atoms with Crippen LogP contribution in [0.1, 0.15) is 46.5 Å². The second kappa shape index (κ2) is 4.62. The molecule has 1 fully saturated rings. The van der Waals surface area contributed by atoms with Crippen molar-refractivity contribution >= 4 is 5.97 Å². The number of nitrogens with zero attached hydrogens (tertiary/aromatic N) is 2. The zero-order valence-electron chi connectivity index (χ0n) is 9.98. The SMILES string of the molecule is O=C(O)c1nc(C2CCCO2)nc2c1CCNC2. The molecule has 6 heteroatoms. The maximum absolute atomic E-state index is 11.3. The quantitative estimate of drug-likeness (QED) is 0.801. The third-order valence-corrected chi connectivity index (χ3v) is 3.37. The van der Waals surface area contributed by atoms with Crippen LogP contribution in [0.25, 0.3) is 0 Å². The number of carboxylic acid groups (broad SMARTS) is 1. The maximum Gasteiger partial charge on any atom is 0.354 e. The van der Waals surface area contributed by atoms with Crippen molar-refractivity contribution in [1.82, 2.24) is 15.3 Å². The summed E-state index contributed by atoms with van der Waals surface area (Å²) in [6.45, 7) is 2.08. The summed E-state index contributed by atoms with van der Waals surface area (Å²) in [7, 11) is 0. The van der Waals surface area contributed by atoms with Crippen molar-refractivity contribution in [2.24, 2.45) is 0 Å². The highest BCUT2D eigenvalue weighted by molar-refractivity contribution is 5.87. The molecule has 1 aromatic rings. The van der Waals surface area contributed by atoms with Gasteiger partial charge in [-0.15, -0.1) is 0 Å². The van der Waals surface area contributed by atoms with E-state index in [4.69, 9.17) is 4.74 Å². The van der Waals surface area contributed by atoms with Crippen molar-refractivity contribution in [1.29, 1.82) is 0 Å². The number of ether oxygens (including phenoxy) is 1. The summed E-state index contributed by atoms with van der Waals surface area (Å²) in [5.74, 6) is -0.456. The van der Waals surface area contributed by atoms with Crippen LogP contribution in [0.4, 0.5) is 0 Å². The molecular formula is C12H15N3O3. The first-order valence-corrected chi connectivity index (χ1v) is 6.21. The van der Waals surface area contributed by atoms with Gasteiger partial charge >= 0.3 is 5.97 Å². The lowest BCUT2D eigenvalue weighted by atomic mass is 10.0. The highest BCUT2D eigenvalue weighted by Crippen LogP contribution is 2.27. The van der Waals surface area contributed by atoms with Crippen molar-refractivity contribution in [3.05, 3.63) is 22.8 Å². The topological polar surface area (TPSA) is 84.3 Å². The Morgan fingerprint density at radius 1 is 1.44 bits per heavy atom. The number of hydrogen-bond acceptors (Lipinski definition) is 5. The van der Waals surface area contributed by atoms with Crippen LogP contribution >= 0.6 is 0 Å². The molecule has 0 bridgehead atoms. The van der Waals surface area contributed by atoms with Crippen molar-refractivity contribution in [2.75, 3.05) is 13.2 Å².